The summed E-state index contributed by atoms with van der Waals surface area (Å²) in [5, 5.41) is 4.33. The molecule has 2 nitrogen and oxygen atoms in total. The molecule has 0 saturated heterocycles. The molecule has 1 aromatic heterocycles. The SMILES string of the molecule is CCCn1nccc1CCC(Br)C(C)C. The van der Waals surface area contributed by atoms with Crippen LogP contribution in [0.3, 0.4) is 0 Å². The minimum atomic E-state index is 0.613. The first-order chi connectivity index (χ1) is 7.15. The summed E-state index contributed by atoms with van der Waals surface area (Å²) in [6, 6.07) is 2.13. The molecule has 0 fully saturated rings. The third-order valence-electron chi connectivity index (χ3n) is 2.64. The second kappa shape index (κ2) is 6.31. The molecule has 1 atom stereocenters. The number of halogens is 1. The van der Waals surface area contributed by atoms with Gasteiger partial charge < -0.3 is 0 Å². The standard InChI is InChI=1S/C12H21BrN2/c1-4-9-15-11(7-8-14-15)5-6-12(13)10(2)3/h7-8,10,12H,4-6,9H2,1-3H3. The van der Waals surface area contributed by atoms with Crippen LogP contribution in [0.1, 0.15) is 39.3 Å². The number of alkyl halides is 1. The molecule has 0 aliphatic carbocycles. The zero-order valence-electron chi connectivity index (χ0n) is 9.91. The van der Waals surface area contributed by atoms with Crippen LogP contribution in [-0.4, -0.2) is 14.6 Å². The van der Waals surface area contributed by atoms with Gasteiger partial charge in [-0.15, -0.1) is 0 Å². The first kappa shape index (κ1) is 12.8. The van der Waals surface area contributed by atoms with Crippen molar-refractivity contribution < 1.29 is 0 Å². The Morgan fingerprint density at radius 2 is 2.20 bits per heavy atom. The van der Waals surface area contributed by atoms with Gasteiger partial charge in [0.15, 0.2) is 0 Å². The Morgan fingerprint density at radius 3 is 2.80 bits per heavy atom. The van der Waals surface area contributed by atoms with E-state index in [0.29, 0.717) is 10.7 Å². The Balaban J connectivity index is 2.46. The van der Waals surface area contributed by atoms with Crippen molar-refractivity contribution >= 4 is 15.9 Å². The minimum absolute atomic E-state index is 0.613. The van der Waals surface area contributed by atoms with Gasteiger partial charge in [0.25, 0.3) is 0 Å². The zero-order valence-corrected chi connectivity index (χ0v) is 11.5. The monoisotopic (exact) mass is 272 g/mol. The first-order valence-corrected chi connectivity index (χ1v) is 6.71. The van der Waals surface area contributed by atoms with Gasteiger partial charge in [0.2, 0.25) is 0 Å². The molecule has 0 aliphatic rings. The highest BCUT2D eigenvalue weighted by Crippen LogP contribution is 2.18. The van der Waals surface area contributed by atoms with Crippen LogP contribution in [0.15, 0.2) is 12.3 Å². The van der Waals surface area contributed by atoms with Crippen LogP contribution in [0, 0.1) is 5.92 Å². The Hall–Kier alpha value is -0.310. The highest BCUT2D eigenvalue weighted by Gasteiger charge is 2.10. The summed E-state index contributed by atoms with van der Waals surface area (Å²) < 4.78 is 2.13. The van der Waals surface area contributed by atoms with Gasteiger partial charge in [0.1, 0.15) is 0 Å². The lowest BCUT2D eigenvalue weighted by Crippen LogP contribution is -2.11. The summed E-state index contributed by atoms with van der Waals surface area (Å²) in [6.45, 7) is 7.73. The summed E-state index contributed by atoms with van der Waals surface area (Å²) in [6.07, 6.45) is 5.36. The lowest BCUT2D eigenvalue weighted by molar-refractivity contribution is 0.539. The summed E-state index contributed by atoms with van der Waals surface area (Å²) in [4.78, 5) is 0.613. The molecule has 0 amide bonds. The second-order valence-electron chi connectivity index (χ2n) is 4.34. The molecule has 1 rings (SSSR count). The molecule has 1 unspecified atom stereocenters. The number of nitrogens with zero attached hydrogens (tertiary/aromatic N) is 2. The van der Waals surface area contributed by atoms with Crippen LogP contribution in [0.25, 0.3) is 0 Å². The second-order valence-corrected chi connectivity index (χ2v) is 5.52. The molecule has 0 spiro atoms. The lowest BCUT2D eigenvalue weighted by atomic mass is 10.1. The normalized spacial score (nSPS) is 13.4. The average Bonchev–Trinajstić information content (AvgIpc) is 2.62. The van der Waals surface area contributed by atoms with E-state index in [9.17, 15) is 0 Å². The van der Waals surface area contributed by atoms with E-state index in [1.165, 1.54) is 12.1 Å². The molecular formula is C12H21BrN2. The molecule has 0 aliphatic heterocycles. The highest BCUT2D eigenvalue weighted by atomic mass is 79.9. The fourth-order valence-corrected chi connectivity index (χ4v) is 1.83. The Kier molecular flexibility index (Phi) is 5.37. The fourth-order valence-electron chi connectivity index (χ4n) is 1.60. The predicted octanol–water partition coefficient (Wildman–Crippen LogP) is 3.65. The molecule has 0 radical (unpaired) electrons. The summed E-state index contributed by atoms with van der Waals surface area (Å²) in [5.74, 6) is 0.701. The van der Waals surface area contributed by atoms with Crippen molar-refractivity contribution in [3.8, 4) is 0 Å². The maximum Gasteiger partial charge on any atom is 0.0492 e. The summed E-state index contributed by atoms with van der Waals surface area (Å²) in [5.41, 5.74) is 1.36. The fraction of sp³-hybridized carbons (Fsp3) is 0.750. The van der Waals surface area contributed by atoms with Gasteiger partial charge in [-0.25, -0.2) is 0 Å². The van der Waals surface area contributed by atoms with Gasteiger partial charge in [-0.1, -0.05) is 36.7 Å². The quantitative estimate of drug-likeness (QED) is 0.723. The molecule has 86 valence electrons. The summed E-state index contributed by atoms with van der Waals surface area (Å²) in [7, 11) is 0. The first-order valence-electron chi connectivity index (χ1n) is 5.80. The molecule has 0 saturated carbocycles. The van der Waals surface area contributed by atoms with Crippen molar-refractivity contribution in [3.63, 3.8) is 0 Å². The van der Waals surface area contributed by atoms with E-state index in [2.05, 4.69) is 52.5 Å². The van der Waals surface area contributed by atoms with Gasteiger partial charge in [-0.05, 0) is 31.2 Å². The Bertz CT molecular complexity index is 281. The molecule has 0 N–H and O–H groups in total. The number of hydrogen-bond acceptors (Lipinski definition) is 1. The van der Waals surface area contributed by atoms with Crippen molar-refractivity contribution in [1.29, 1.82) is 0 Å². The Labute approximate surface area is 101 Å². The molecule has 1 heterocycles. The van der Waals surface area contributed by atoms with Crippen molar-refractivity contribution in [3.05, 3.63) is 18.0 Å². The van der Waals surface area contributed by atoms with Crippen LogP contribution >= 0.6 is 15.9 Å². The van der Waals surface area contributed by atoms with E-state index < -0.39 is 0 Å². The maximum atomic E-state index is 4.33. The van der Waals surface area contributed by atoms with Crippen molar-refractivity contribution in [2.75, 3.05) is 0 Å². The lowest BCUT2D eigenvalue weighted by Gasteiger charge is -2.13. The third-order valence-corrected chi connectivity index (χ3v) is 4.15. The van der Waals surface area contributed by atoms with E-state index in [1.807, 2.05) is 6.20 Å². The van der Waals surface area contributed by atoms with Gasteiger partial charge in [-0.3, -0.25) is 4.68 Å². The molecule has 3 heteroatoms. The molecule has 0 bridgehead atoms. The van der Waals surface area contributed by atoms with Crippen LogP contribution in [0.5, 0.6) is 0 Å². The Morgan fingerprint density at radius 1 is 1.47 bits per heavy atom. The number of aryl methyl sites for hydroxylation is 2. The molecule has 1 aromatic rings. The number of aromatic nitrogens is 2. The number of hydrogen-bond donors (Lipinski definition) is 0. The van der Waals surface area contributed by atoms with E-state index in [-0.39, 0.29) is 0 Å². The third kappa shape index (κ3) is 3.98. The molecular weight excluding hydrogens is 252 g/mol. The van der Waals surface area contributed by atoms with E-state index >= 15 is 0 Å². The van der Waals surface area contributed by atoms with E-state index in [4.69, 9.17) is 0 Å². The smallest absolute Gasteiger partial charge is 0.0492 e. The molecule has 0 aromatic carbocycles. The largest absolute Gasteiger partial charge is 0.270 e. The van der Waals surface area contributed by atoms with Crippen LogP contribution in [-0.2, 0) is 13.0 Å². The van der Waals surface area contributed by atoms with Crippen LogP contribution < -0.4 is 0 Å². The van der Waals surface area contributed by atoms with Gasteiger partial charge in [0, 0.05) is 23.3 Å². The minimum Gasteiger partial charge on any atom is -0.270 e. The van der Waals surface area contributed by atoms with Crippen molar-refractivity contribution in [1.82, 2.24) is 9.78 Å². The highest BCUT2D eigenvalue weighted by molar-refractivity contribution is 9.09. The summed E-state index contributed by atoms with van der Waals surface area (Å²) >= 11 is 3.72. The van der Waals surface area contributed by atoms with Crippen LogP contribution in [0.2, 0.25) is 0 Å². The number of rotatable bonds is 6. The van der Waals surface area contributed by atoms with Crippen molar-refractivity contribution in [2.45, 2.75) is 51.4 Å². The van der Waals surface area contributed by atoms with Gasteiger partial charge in [0.05, 0.1) is 0 Å². The maximum absolute atomic E-state index is 4.33. The van der Waals surface area contributed by atoms with E-state index in [1.54, 1.807) is 0 Å². The van der Waals surface area contributed by atoms with Crippen molar-refractivity contribution in [2.24, 2.45) is 5.92 Å². The van der Waals surface area contributed by atoms with Crippen LogP contribution in [0.4, 0.5) is 0 Å². The van der Waals surface area contributed by atoms with Gasteiger partial charge in [-0.2, -0.15) is 5.10 Å². The topological polar surface area (TPSA) is 17.8 Å². The average molecular weight is 273 g/mol. The van der Waals surface area contributed by atoms with Gasteiger partial charge >= 0.3 is 0 Å². The van der Waals surface area contributed by atoms with E-state index in [0.717, 1.165) is 19.4 Å². The predicted molar refractivity (Wildman–Crippen MR) is 68.4 cm³/mol. The molecule has 15 heavy (non-hydrogen) atoms. The zero-order chi connectivity index (χ0) is 11.3.